The summed E-state index contributed by atoms with van der Waals surface area (Å²) in [5, 5.41) is 10.8. The Bertz CT molecular complexity index is 881. The quantitative estimate of drug-likeness (QED) is 0.671. The molecule has 8 nitrogen and oxygen atoms in total. The van der Waals surface area contributed by atoms with E-state index in [0.717, 1.165) is 6.07 Å². The van der Waals surface area contributed by atoms with Crippen molar-refractivity contribution < 1.29 is 22.8 Å². The Morgan fingerprint density at radius 3 is 2.54 bits per heavy atom. The SMILES string of the molecule is O=[N+]([O-])c1cccc(NS(=O)(=O)c2ccc3c(c2)OCCCO3)c1. The summed E-state index contributed by atoms with van der Waals surface area (Å²) in [5.74, 6) is 0.844. The van der Waals surface area contributed by atoms with Crippen LogP contribution in [-0.2, 0) is 10.0 Å². The average Bonchev–Trinajstić information content (AvgIpc) is 2.79. The third kappa shape index (κ3) is 3.40. The van der Waals surface area contributed by atoms with Crippen molar-refractivity contribution in [2.45, 2.75) is 11.3 Å². The summed E-state index contributed by atoms with van der Waals surface area (Å²) in [4.78, 5) is 10.2. The van der Waals surface area contributed by atoms with Crippen molar-refractivity contribution in [3.63, 3.8) is 0 Å². The van der Waals surface area contributed by atoms with Gasteiger partial charge in [-0.1, -0.05) is 6.07 Å². The van der Waals surface area contributed by atoms with Gasteiger partial charge in [0.1, 0.15) is 0 Å². The maximum atomic E-state index is 12.5. The van der Waals surface area contributed by atoms with Crippen LogP contribution in [0, 0.1) is 10.1 Å². The summed E-state index contributed by atoms with van der Waals surface area (Å²) in [5.41, 5.74) is -0.0924. The second-order valence-corrected chi connectivity index (χ2v) is 6.75. The Labute approximate surface area is 138 Å². The van der Waals surface area contributed by atoms with Gasteiger partial charge in [-0.25, -0.2) is 8.42 Å². The van der Waals surface area contributed by atoms with Crippen LogP contribution in [0.3, 0.4) is 0 Å². The first kappa shape index (κ1) is 16.1. The molecule has 1 heterocycles. The summed E-state index contributed by atoms with van der Waals surface area (Å²) in [6, 6.07) is 9.58. The van der Waals surface area contributed by atoms with Crippen molar-refractivity contribution in [1.29, 1.82) is 0 Å². The molecule has 0 atom stereocenters. The highest BCUT2D eigenvalue weighted by Crippen LogP contribution is 2.32. The molecule has 0 saturated carbocycles. The molecular formula is C15H14N2O6S. The van der Waals surface area contributed by atoms with Gasteiger partial charge in [-0.05, 0) is 18.2 Å². The molecule has 0 amide bonds. The second kappa shape index (κ2) is 6.36. The number of nitro groups is 1. The fourth-order valence-electron chi connectivity index (χ4n) is 2.21. The molecule has 3 rings (SSSR count). The molecule has 0 saturated heterocycles. The zero-order chi connectivity index (χ0) is 17.2. The predicted molar refractivity (Wildman–Crippen MR) is 86.0 cm³/mol. The molecule has 0 aromatic heterocycles. The number of anilines is 1. The lowest BCUT2D eigenvalue weighted by molar-refractivity contribution is -0.384. The van der Waals surface area contributed by atoms with Crippen molar-refractivity contribution in [3.05, 3.63) is 52.6 Å². The van der Waals surface area contributed by atoms with E-state index >= 15 is 0 Å². The van der Waals surface area contributed by atoms with E-state index in [1.807, 2.05) is 0 Å². The van der Waals surface area contributed by atoms with Crippen LogP contribution in [0.4, 0.5) is 11.4 Å². The van der Waals surface area contributed by atoms with Gasteiger partial charge in [0.25, 0.3) is 15.7 Å². The van der Waals surface area contributed by atoms with E-state index in [2.05, 4.69) is 4.72 Å². The lowest BCUT2D eigenvalue weighted by atomic mass is 10.3. The average molecular weight is 350 g/mol. The van der Waals surface area contributed by atoms with Gasteiger partial charge in [-0.2, -0.15) is 0 Å². The summed E-state index contributed by atoms with van der Waals surface area (Å²) in [7, 11) is -3.91. The van der Waals surface area contributed by atoms with Crippen LogP contribution < -0.4 is 14.2 Å². The van der Waals surface area contributed by atoms with Crippen molar-refractivity contribution in [2.24, 2.45) is 0 Å². The number of hydrogen-bond acceptors (Lipinski definition) is 6. The zero-order valence-electron chi connectivity index (χ0n) is 12.5. The minimum atomic E-state index is -3.91. The molecule has 126 valence electrons. The van der Waals surface area contributed by atoms with Crippen molar-refractivity contribution in [1.82, 2.24) is 0 Å². The van der Waals surface area contributed by atoms with E-state index < -0.39 is 14.9 Å². The molecule has 2 aromatic carbocycles. The van der Waals surface area contributed by atoms with E-state index in [4.69, 9.17) is 9.47 Å². The molecule has 2 aromatic rings. The van der Waals surface area contributed by atoms with Crippen molar-refractivity contribution >= 4 is 21.4 Å². The summed E-state index contributed by atoms with van der Waals surface area (Å²) >= 11 is 0. The summed E-state index contributed by atoms with van der Waals surface area (Å²) in [6.45, 7) is 0.944. The maximum Gasteiger partial charge on any atom is 0.271 e. The molecule has 1 aliphatic rings. The smallest absolute Gasteiger partial charge is 0.271 e. The van der Waals surface area contributed by atoms with Crippen LogP contribution in [-0.4, -0.2) is 26.6 Å². The van der Waals surface area contributed by atoms with Gasteiger partial charge >= 0.3 is 0 Å². The van der Waals surface area contributed by atoms with Gasteiger partial charge in [-0.3, -0.25) is 14.8 Å². The van der Waals surface area contributed by atoms with E-state index in [9.17, 15) is 18.5 Å². The first-order chi connectivity index (χ1) is 11.5. The molecule has 0 bridgehead atoms. The first-order valence-corrected chi connectivity index (χ1v) is 8.61. The molecule has 1 N–H and O–H groups in total. The number of rotatable bonds is 4. The molecule has 1 aliphatic heterocycles. The number of ether oxygens (including phenoxy) is 2. The Morgan fingerprint density at radius 1 is 1.04 bits per heavy atom. The maximum absolute atomic E-state index is 12.5. The van der Waals surface area contributed by atoms with E-state index in [1.54, 1.807) is 0 Å². The van der Waals surface area contributed by atoms with Crippen LogP contribution in [0.5, 0.6) is 11.5 Å². The lowest BCUT2D eigenvalue weighted by Gasteiger charge is -2.11. The van der Waals surface area contributed by atoms with Crippen molar-refractivity contribution in [2.75, 3.05) is 17.9 Å². The molecule has 9 heteroatoms. The molecule has 24 heavy (non-hydrogen) atoms. The van der Waals surface area contributed by atoms with E-state index in [-0.39, 0.29) is 16.3 Å². The topological polar surface area (TPSA) is 108 Å². The largest absolute Gasteiger partial charge is 0.490 e. The van der Waals surface area contributed by atoms with Crippen LogP contribution in [0.15, 0.2) is 47.4 Å². The van der Waals surface area contributed by atoms with Crippen LogP contribution in [0.2, 0.25) is 0 Å². The number of fused-ring (bicyclic) bond motifs is 1. The number of benzene rings is 2. The van der Waals surface area contributed by atoms with Crippen molar-refractivity contribution in [3.8, 4) is 11.5 Å². The van der Waals surface area contributed by atoms with Crippen LogP contribution >= 0.6 is 0 Å². The molecule has 0 unspecified atom stereocenters. The van der Waals surface area contributed by atoms with E-state index in [1.165, 1.54) is 36.4 Å². The molecule has 0 radical (unpaired) electrons. The summed E-state index contributed by atoms with van der Waals surface area (Å²) < 4.78 is 38.2. The van der Waals surface area contributed by atoms with Crippen LogP contribution in [0.1, 0.15) is 6.42 Å². The number of nitro benzene ring substituents is 1. The Kier molecular flexibility index (Phi) is 4.26. The summed E-state index contributed by atoms with van der Waals surface area (Å²) in [6.07, 6.45) is 0.711. The third-order valence-corrected chi connectivity index (χ3v) is 4.72. The van der Waals surface area contributed by atoms with Gasteiger partial charge in [0.2, 0.25) is 0 Å². The minimum Gasteiger partial charge on any atom is -0.490 e. The van der Waals surface area contributed by atoms with Gasteiger partial charge in [0.05, 0.1) is 28.7 Å². The fraction of sp³-hybridized carbons (Fsp3) is 0.200. The minimum absolute atomic E-state index is 0.0155. The second-order valence-electron chi connectivity index (χ2n) is 5.07. The fourth-order valence-corrected chi connectivity index (χ4v) is 3.27. The highest BCUT2D eigenvalue weighted by atomic mass is 32.2. The Morgan fingerprint density at radius 2 is 1.79 bits per heavy atom. The standard InChI is InChI=1S/C15H14N2O6S/c18-17(19)12-4-1-3-11(9-12)16-24(20,21)13-5-6-14-15(10-13)23-8-2-7-22-14/h1,3-6,9-10,16H,2,7-8H2. The molecule has 0 spiro atoms. The van der Waals surface area contributed by atoms with E-state index in [0.29, 0.717) is 31.1 Å². The number of nitrogens with zero attached hydrogens (tertiary/aromatic N) is 1. The van der Waals surface area contributed by atoms with Gasteiger partial charge in [0.15, 0.2) is 11.5 Å². The Hall–Kier alpha value is -2.81. The normalized spacial score (nSPS) is 13.8. The van der Waals surface area contributed by atoms with Gasteiger partial charge < -0.3 is 9.47 Å². The molecular weight excluding hydrogens is 336 g/mol. The Balaban J connectivity index is 1.89. The van der Waals surface area contributed by atoms with Gasteiger partial charge in [0, 0.05) is 24.6 Å². The number of non-ortho nitro benzene ring substituents is 1. The number of nitrogens with one attached hydrogen (secondary N) is 1. The number of sulfonamides is 1. The molecule has 0 fully saturated rings. The highest BCUT2D eigenvalue weighted by Gasteiger charge is 2.19. The monoisotopic (exact) mass is 350 g/mol. The predicted octanol–water partition coefficient (Wildman–Crippen LogP) is 2.56. The molecule has 0 aliphatic carbocycles. The first-order valence-electron chi connectivity index (χ1n) is 7.13. The third-order valence-electron chi connectivity index (χ3n) is 3.34. The lowest BCUT2D eigenvalue weighted by Crippen LogP contribution is -2.13. The number of hydrogen-bond donors (Lipinski definition) is 1. The van der Waals surface area contributed by atoms with Crippen LogP contribution in [0.25, 0.3) is 0 Å². The zero-order valence-corrected chi connectivity index (χ0v) is 13.3. The van der Waals surface area contributed by atoms with Gasteiger partial charge in [-0.15, -0.1) is 0 Å². The highest BCUT2D eigenvalue weighted by molar-refractivity contribution is 7.92.